The Labute approximate surface area is 181 Å². The molecule has 0 radical (unpaired) electrons. The summed E-state index contributed by atoms with van der Waals surface area (Å²) in [4.78, 5) is 15.0. The standard InChI is InChI=1S/C23H22ClNO4S/c1-16-5-2-3-8-21(16)23(26)25(19-11-12-30(27,28)15-19)14-20-9-10-22(29-20)17-6-4-7-18(24)13-17/h2-10,13,19H,11-12,14-15H2,1H3. The van der Waals surface area contributed by atoms with Gasteiger partial charge in [0.15, 0.2) is 9.84 Å². The summed E-state index contributed by atoms with van der Waals surface area (Å²) in [5.41, 5.74) is 2.27. The summed E-state index contributed by atoms with van der Waals surface area (Å²) < 4.78 is 30.1. The summed E-state index contributed by atoms with van der Waals surface area (Å²) >= 11 is 6.07. The summed E-state index contributed by atoms with van der Waals surface area (Å²) in [6, 6.07) is 18.0. The summed E-state index contributed by atoms with van der Waals surface area (Å²) in [5, 5.41) is 0.609. The van der Waals surface area contributed by atoms with Gasteiger partial charge in [-0.05, 0) is 49.2 Å². The van der Waals surface area contributed by atoms with Gasteiger partial charge in [0.1, 0.15) is 11.5 Å². The third-order valence-corrected chi connectivity index (χ3v) is 7.37. The van der Waals surface area contributed by atoms with Crippen LogP contribution in [0.5, 0.6) is 0 Å². The van der Waals surface area contributed by atoms with Crippen molar-refractivity contribution in [3.63, 3.8) is 0 Å². The minimum absolute atomic E-state index is 0.0213. The predicted molar refractivity (Wildman–Crippen MR) is 117 cm³/mol. The van der Waals surface area contributed by atoms with Crippen molar-refractivity contribution >= 4 is 27.3 Å². The fourth-order valence-electron chi connectivity index (χ4n) is 3.78. The highest BCUT2D eigenvalue weighted by atomic mass is 35.5. The second-order valence-corrected chi connectivity index (χ2v) is 10.2. The Morgan fingerprint density at radius 1 is 1.13 bits per heavy atom. The van der Waals surface area contributed by atoms with Crippen LogP contribution in [0.3, 0.4) is 0 Å². The van der Waals surface area contributed by atoms with E-state index in [0.29, 0.717) is 28.5 Å². The van der Waals surface area contributed by atoms with Gasteiger partial charge in [-0.3, -0.25) is 4.79 Å². The topological polar surface area (TPSA) is 67.6 Å². The van der Waals surface area contributed by atoms with E-state index < -0.39 is 9.84 Å². The summed E-state index contributed by atoms with van der Waals surface area (Å²) in [6.45, 7) is 2.08. The van der Waals surface area contributed by atoms with Crippen molar-refractivity contribution in [2.75, 3.05) is 11.5 Å². The van der Waals surface area contributed by atoms with Crippen LogP contribution in [0.1, 0.15) is 28.1 Å². The lowest BCUT2D eigenvalue weighted by atomic mass is 10.1. The van der Waals surface area contributed by atoms with Gasteiger partial charge in [-0.15, -0.1) is 0 Å². The Bertz CT molecular complexity index is 1190. The van der Waals surface area contributed by atoms with Crippen LogP contribution < -0.4 is 0 Å². The van der Waals surface area contributed by atoms with Gasteiger partial charge in [0.05, 0.1) is 18.1 Å². The molecule has 30 heavy (non-hydrogen) atoms. The molecule has 5 nitrogen and oxygen atoms in total. The van der Waals surface area contributed by atoms with Gasteiger partial charge >= 0.3 is 0 Å². The largest absolute Gasteiger partial charge is 0.459 e. The average Bonchev–Trinajstić information content (AvgIpc) is 3.32. The number of carbonyl (C=O) groups is 1. The van der Waals surface area contributed by atoms with Crippen LogP contribution in [0.15, 0.2) is 65.1 Å². The lowest BCUT2D eigenvalue weighted by Gasteiger charge is -2.28. The molecular formula is C23H22ClNO4S. The van der Waals surface area contributed by atoms with Gasteiger partial charge in [0, 0.05) is 22.2 Å². The first kappa shape index (κ1) is 20.7. The van der Waals surface area contributed by atoms with Crippen molar-refractivity contribution in [2.45, 2.75) is 25.9 Å². The molecule has 3 aromatic rings. The first-order valence-electron chi connectivity index (χ1n) is 9.74. The molecule has 1 atom stereocenters. The second kappa shape index (κ2) is 8.28. The van der Waals surface area contributed by atoms with E-state index in [1.807, 2.05) is 55.5 Å². The van der Waals surface area contributed by atoms with E-state index in [-0.39, 0.29) is 30.0 Å². The molecule has 0 saturated carbocycles. The number of sulfone groups is 1. The van der Waals surface area contributed by atoms with Crippen molar-refractivity contribution in [2.24, 2.45) is 0 Å². The molecule has 0 N–H and O–H groups in total. The smallest absolute Gasteiger partial charge is 0.254 e. The fourth-order valence-corrected chi connectivity index (χ4v) is 5.70. The van der Waals surface area contributed by atoms with E-state index in [4.69, 9.17) is 16.0 Å². The van der Waals surface area contributed by atoms with Gasteiger partial charge < -0.3 is 9.32 Å². The molecule has 1 unspecified atom stereocenters. The van der Waals surface area contributed by atoms with Crippen molar-refractivity contribution in [3.8, 4) is 11.3 Å². The van der Waals surface area contributed by atoms with Crippen molar-refractivity contribution < 1.29 is 17.6 Å². The molecule has 1 saturated heterocycles. The number of carbonyl (C=O) groups excluding carboxylic acids is 1. The van der Waals surface area contributed by atoms with E-state index in [9.17, 15) is 13.2 Å². The molecular weight excluding hydrogens is 422 g/mol. The van der Waals surface area contributed by atoms with Crippen molar-refractivity contribution in [1.29, 1.82) is 0 Å². The van der Waals surface area contributed by atoms with Crippen molar-refractivity contribution in [3.05, 3.63) is 82.6 Å². The van der Waals surface area contributed by atoms with Crippen LogP contribution in [-0.2, 0) is 16.4 Å². The van der Waals surface area contributed by atoms with Crippen molar-refractivity contribution in [1.82, 2.24) is 4.90 Å². The number of furan rings is 1. The number of aryl methyl sites for hydroxylation is 1. The number of hydrogen-bond acceptors (Lipinski definition) is 4. The van der Waals surface area contributed by atoms with Gasteiger partial charge in [0.2, 0.25) is 0 Å². The molecule has 0 spiro atoms. The quantitative estimate of drug-likeness (QED) is 0.571. The Kier molecular flexibility index (Phi) is 5.71. The molecule has 156 valence electrons. The number of amides is 1. The number of rotatable bonds is 5. The molecule has 1 aliphatic rings. The molecule has 1 aliphatic heterocycles. The molecule has 1 amide bonds. The van der Waals surface area contributed by atoms with Gasteiger partial charge in [0.25, 0.3) is 5.91 Å². The third kappa shape index (κ3) is 4.45. The van der Waals surface area contributed by atoms with E-state index in [1.54, 1.807) is 17.0 Å². The summed E-state index contributed by atoms with van der Waals surface area (Å²) in [7, 11) is -3.14. The lowest BCUT2D eigenvalue weighted by molar-refractivity contribution is 0.0666. The average molecular weight is 444 g/mol. The highest BCUT2D eigenvalue weighted by molar-refractivity contribution is 7.91. The molecule has 2 aromatic carbocycles. The first-order valence-corrected chi connectivity index (χ1v) is 11.9. The fraction of sp³-hybridized carbons (Fsp3) is 0.261. The van der Waals surface area contributed by atoms with Crippen LogP contribution >= 0.6 is 11.6 Å². The molecule has 7 heteroatoms. The minimum atomic E-state index is -3.14. The van der Waals surface area contributed by atoms with E-state index in [1.165, 1.54) is 0 Å². The molecule has 0 aliphatic carbocycles. The Morgan fingerprint density at radius 2 is 1.93 bits per heavy atom. The molecule has 0 bridgehead atoms. The predicted octanol–water partition coefficient (Wildman–Crippen LogP) is 4.74. The van der Waals surface area contributed by atoms with E-state index in [2.05, 4.69) is 0 Å². The highest BCUT2D eigenvalue weighted by Crippen LogP contribution is 2.28. The number of hydrogen-bond donors (Lipinski definition) is 0. The maximum absolute atomic E-state index is 13.4. The van der Waals surface area contributed by atoms with Crippen LogP contribution in [0.25, 0.3) is 11.3 Å². The van der Waals surface area contributed by atoms with Crippen LogP contribution in [0.4, 0.5) is 0 Å². The zero-order chi connectivity index (χ0) is 21.3. The Balaban J connectivity index is 1.64. The van der Waals surface area contributed by atoms with Gasteiger partial charge in [-0.1, -0.05) is 41.9 Å². The van der Waals surface area contributed by atoms with Gasteiger partial charge in [-0.25, -0.2) is 8.42 Å². The maximum Gasteiger partial charge on any atom is 0.254 e. The third-order valence-electron chi connectivity index (χ3n) is 5.38. The Morgan fingerprint density at radius 3 is 2.63 bits per heavy atom. The zero-order valence-corrected chi connectivity index (χ0v) is 18.1. The minimum Gasteiger partial charge on any atom is -0.459 e. The molecule has 1 fully saturated rings. The second-order valence-electron chi connectivity index (χ2n) is 7.58. The number of halogens is 1. The SMILES string of the molecule is Cc1ccccc1C(=O)N(Cc1ccc(-c2cccc(Cl)c2)o1)C1CCS(=O)(=O)C1. The lowest BCUT2D eigenvalue weighted by Crippen LogP contribution is -2.40. The number of nitrogens with zero attached hydrogens (tertiary/aromatic N) is 1. The van der Waals surface area contributed by atoms with E-state index >= 15 is 0 Å². The summed E-state index contributed by atoms with van der Waals surface area (Å²) in [5.74, 6) is 1.13. The van der Waals surface area contributed by atoms with Crippen LogP contribution in [-0.4, -0.2) is 36.8 Å². The molecule has 2 heterocycles. The highest BCUT2D eigenvalue weighted by Gasteiger charge is 2.35. The molecule has 4 rings (SSSR count). The monoisotopic (exact) mass is 443 g/mol. The Hall–Kier alpha value is -2.57. The van der Waals surface area contributed by atoms with Crippen LogP contribution in [0, 0.1) is 6.92 Å². The first-order chi connectivity index (χ1) is 14.3. The van der Waals surface area contributed by atoms with Crippen LogP contribution in [0.2, 0.25) is 5.02 Å². The normalized spacial score (nSPS) is 17.7. The van der Waals surface area contributed by atoms with Gasteiger partial charge in [-0.2, -0.15) is 0 Å². The maximum atomic E-state index is 13.4. The number of benzene rings is 2. The van der Waals surface area contributed by atoms with E-state index in [0.717, 1.165) is 11.1 Å². The zero-order valence-electron chi connectivity index (χ0n) is 16.5. The summed E-state index contributed by atoms with van der Waals surface area (Å²) in [6.07, 6.45) is 0.432. The molecule has 1 aromatic heterocycles.